The van der Waals surface area contributed by atoms with Crippen molar-refractivity contribution < 1.29 is 19.4 Å². The maximum Gasteiger partial charge on any atom is 0.269 e. The number of Topliss-reactive ketones (excluding diaryl/α,β-unsaturated/α-hetero) is 1. The number of nitrogens with zero attached hydrogens (tertiary/aromatic N) is 2. The number of nitro benzene ring substituents is 2. The predicted molar refractivity (Wildman–Crippen MR) is 98.0 cm³/mol. The quantitative estimate of drug-likeness (QED) is 0.464. The Morgan fingerprint density at radius 1 is 0.741 bits per heavy atom. The van der Waals surface area contributed by atoms with Crippen LogP contribution in [0.4, 0.5) is 11.4 Å². The van der Waals surface area contributed by atoms with Crippen LogP contribution in [-0.2, 0) is 9.53 Å². The zero-order chi connectivity index (χ0) is 19.4. The van der Waals surface area contributed by atoms with E-state index in [1.165, 1.54) is 24.3 Å². The zero-order valence-electron chi connectivity index (χ0n) is 14.0. The van der Waals surface area contributed by atoms with Crippen molar-refractivity contribution in [3.8, 4) is 0 Å². The van der Waals surface area contributed by atoms with Crippen LogP contribution in [-0.4, -0.2) is 28.8 Å². The monoisotopic (exact) mass is 366 g/mol. The number of benzene rings is 2. The van der Waals surface area contributed by atoms with Gasteiger partial charge in [0.1, 0.15) is 0 Å². The molecule has 0 unspecified atom stereocenters. The summed E-state index contributed by atoms with van der Waals surface area (Å²) in [5.41, 5.74) is 2.13. The van der Waals surface area contributed by atoms with Crippen molar-refractivity contribution in [2.75, 3.05) is 13.2 Å². The van der Waals surface area contributed by atoms with Crippen molar-refractivity contribution >= 4 is 29.3 Å². The van der Waals surface area contributed by atoms with Gasteiger partial charge in [-0.25, -0.2) is 0 Å². The molecule has 0 saturated carbocycles. The summed E-state index contributed by atoms with van der Waals surface area (Å²) in [5.74, 6) is -0.182. The van der Waals surface area contributed by atoms with Crippen LogP contribution in [0.15, 0.2) is 59.7 Å². The number of nitro groups is 2. The number of hydrogen-bond acceptors (Lipinski definition) is 6. The van der Waals surface area contributed by atoms with Crippen LogP contribution in [0.3, 0.4) is 0 Å². The third kappa shape index (κ3) is 4.31. The van der Waals surface area contributed by atoms with E-state index in [1.807, 2.05) is 0 Å². The fourth-order valence-corrected chi connectivity index (χ4v) is 2.61. The smallest absolute Gasteiger partial charge is 0.269 e. The summed E-state index contributed by atoms with van der Waals surface area (Å²) in [4.78, 5) is 33.1. The van der Waals surface area contributed by atoms with Gasteiger partial charge < -0.3 is 4.74 Å². The van der Waals surface area contributed by atoms with Gasteiger partial charge in [-0.15, -0.1) is 0 Å². The number of carbonyl (C=O) groups is 1. The highest BCUT2D eigenvalue weighted by Gasteiger charge is 2.21. The zero-order valence-corrected chi connectivity index (χ0v) is 14.0. The lowest BCUT2D eigenvalue weighted by molar-refractivity contribution is -0.385. The first-order chi connectivity index (χ1) is 12.9. The maximum absolute atomic E-state index is 12.7. The van der Waals surface area contributed by atoms with E-state index < -0.39 is 9.85 Å². The Morgan fingerprint density at radius 3 is 1.44 bits per heavy atom. The first kappa shape index (κ1) is 18.2. The highest BCUT2D eigenvalue weighted by molar-refractivity contribution is 6.14. The highest BCUT2D eigenvalue weighted by atomic mass is 16.6. The molecule has 0 aliphatic carbocycles. The summed E-state index contributed by atoms with van der Waals surface area (Å²) in [6.45, 7) is 0.293. The predicted octanol–water partition coefficient (Wildman–Crippen LogP) is 3.57. The maximum atomic E-state index is 12.7. The van der Waals surface area contributed by atoms with Crippen molar-refractivity contribution in [2.45, 2.75) is 0 Å². The molecule has 136 valence electrons. The molecule has 2 aromatic carbocycles. The first-order valence-electron chi connectivity index (χ1n) is 7.96. The molecule has 0 bridgehead atoms. The number of non-ortho nitro benzene ring substituents is 2. The topological polar surface area (TPSA) is 113 Å². The normalized spacial score (nSPS) is 17.3. The van der Waals surface area contributed by atoms with Gasteiger partial charge in [-0.3, -0.25) is 25.0 Å². The number of carbonyl (C=O) groups excluding carboxylic acids is 1. The van der Waals surface area contributed by atoms with Crippen molar-refractivity contribution in [1.29, 1.82) is 0 Å². The minimum Gasteiger partial charge on any atom is -0.372 e. The molecular formula is C19H14N2O6. The van der Waals surface area contributed by atoms with Gasteiger partial charge >= 0.3 is 0 Å². The molecule has 0 atom stereocenters. The van der Waals surface area contributed by atoms with Crippen molar-refractivity contribution in [2.24, 2.45) is 0 Å². The van der Waals surface area contributed by atoms with E-state index in [0.717, 1.165) is 0 Å². The standard InChI is InChI=1S/C19H14N2O6/c22-19-15(9-13-1-5-17(6-2-13)20(23)24)11-27-12-16(19)10-14-3-7-18(8-4-14)21(25)26/h1-10H,11-12H2/b15-9+,16-10+. The Morgan fingerprint density at radius 2 is 1.11 bits per heavy atom. The van der Waals surface area contributed by atoms with E-state index >= 15 is 0 Å². The molecule has 1 fully saturated rings. The minimum atomic E-state index is -0.489. The Bertz CT molecular complexity index is 881. The molecule has 3 rings (SSSR count). The van der Waals surface area contributed by atoms with Gasteiger partial charge in [0.2, 0.25) is 0 Å². The van der Waals surface area contributed by atoms with Crippen molar-refractivity contribution in [1.82, 2.24) is 0 Å². The molecule has 8 nitrogen and oxygen atoms in total. The lowest BCUT2D eigenvalue weighted by Crippen LogP contribution is -2.21. The highest BCUT2D eigenvalue weighted by Crippen LogP contribution is 2.22. The molecule has 0 radical (unpaired) electrons. The van der Waals surface area contributed by atoms with Crippen LogP contribution in [0.1, 0.15) is 11.1 Å². The third-order valence-corrected chi connectivity index (χ3v) is 3.99. The fraction of sp³-hybridized carbons (Fsp3) is 0.105. The number of ether oxygens (including phenoxy) is 1. The average molecular weight is 366 g/mol. The van der Waals surface area contributed by atoms with E-state index in [4.69, 9.17) is 4.74 Å². The molecule has 1 aliphatic heterocycles. The van der Waals surface area contributed by atoms with Crippen LogP contribution >= 0.6 is 0 Å². The Balaban J connectivity index is 1.82. The molecule has 2 aromatic rings. The van der Waals surface area contributed by atoms with E-state index in [0.29, 0.717) is 22.3 Å². The second-order valence-electron chi connectivity index (χ2n) is 5.86. The van der Waals surface area contributed by atoms with Crippen molar-refractivity contribution in [3.63, 3.8) is 0 Å². The minimum absolute atomic E-state index is 0.0258. The van der Waals surface area contributed by atoms with E-state index in [9.17, 15) is 25.0 Å². The average Bonchev–Trinajstić information content (AvgIpc) is 2.66. The van der Waals surface area contributed by atoms with Gasteiger partial charge in [-0.05, 0) is 47.5 Å². The molecular weight excluding hydrogens is 352 g/mol. The third-order valence-electron chi connectivity index (χ3n) is 3.99. The Hall–Kier alpha value is -3.65. The van der Waals surface area contributed by atoms with E-state index in [1.54, 1.807) is 36.4 Å². The Kier molecular flexibility index (Phi) is 5.18. The molecule has 0 N–H and O–H groups in total. The molecule has 0 aromatic heterocycles. The fourth-order valence-electron chi connectivity index (χ4n) is 2.61. The summed E-state index contributed by atoms with van der Waals surface area (Å²) in [6, 6.07) is 11.7. The van der Waals surface area contributed by atoms with E-state index in [-0.39, 0.29) is 30.4 Å². The van der Waals surface area contributed by atoms with Crippen LogP contribution in [0, 0.1) is 20.2 Å². The molecule has 8 heteroatoms. The summed E-state index contributed by atoms with van der Waals surface area (Å²) >= 11 is 0. The van der Waals surface area contributed by atoms with Crippen LogP contribution in [0.5, 0.6) is 0 Å². The first-order valence-corrected chi connectivity index (χ1v) is 7.96. The molecule has 0 spiro atoms. The summed E-state index contributed by atoms with van der Waals surface area (Å²) in [5, 5.41) is 21.4. The summed E-state index contributed by atoms with van der Waals surface area (Å²) < 4.78 is 5.46. The second kappa shape index (κ2) is 7.71. The van der Waals surface area contributed by atoms with Gasteiger partial charge in [0, 0.05) is 35.4 Å². The molecule has 1 aliphatic rings. The van der Waals surface area contributed by atoms with Gasteiger partial charge in [0.25, 0.3) is 11.4 Å². The summed E-state index contributed by atoms with van der Waals surface area (Å²) in [6.07, 6.45) is 3.27. The van der Waals surface area contributed by atoms with E-state index in [2.05, 4.69) is 0 Å². The molecule has 27 heavy (non-hydrogen) atoms. The van der Waals surface area contributed by atoms with Crippen molar-refractivity contribution in [3.05, 3.63) is 91.0 Å². The van der Waals surface area contributed by atoms with Crippen LogP contribution in [0.25, 0.3) is 12.2 Å². The largest absolute Gasteiger partial charge is 0.372 e. The van der Waals surface area contributed by atoms with Gasteiger partial charge in [-0.2, -0.15) is 0 Å². The lowest BCUT2D eigenvalue weighted by Gasteiger charge is -2.17. The lowest BCUT2D eigenvalue weighted by atomic mass is 9.98. The number of ketones is 1. The molecule has 1 heterocycles. The van der Waals surface area contributed by atoms with Gasteiger partial charge in [-0.1, -0.05) is 0 Å². The second-order valence-corrected chi connectivity index (χ2v) is 5.86. The van der Waals surface area contributed by atoms with Gasteiger partial charge in [0.15, 0.2) is 5.78 Å². The summed E-state index contributed by atoms with van der Waals surface area (Å²) in [7, 11) is 0. The Labute approximate surface area is 153 Å². The van der Waals surface area contributed by atoms with Crippen LogP contribution < -0.4 is 0 Å². The van der Waals surface area contributed by atoms with Crippen LogP contribution in [0.2, 0.25) is 0 Å². The SMILES string of the molecule is O=C1/C(=C/c2ccc([N+](=O)[O-])cc2)COC/C1=C\c1ccc([N+](=O)[O-])cc1. The number of hydrogen-bond donors (Lipinski definition) is 0. The number of rotatable bonds is 4. The molecule has 1 saturated heterocycles. The van der Waals surface area contributed by atoms with Gasteiger partial charge in [0.05, 0.1) is 23.1 Å². The molecule has 0 amide bonds.